The minimum Gasteiger partial charge on any atom is -0.465 e. The molecule has 0 fully saturated rings. The quantitative estimate of drug-likeness (QED) is 0.0347. The Bertz CT molecular complexity index is 1050. The molecule has 62 heavy (non-hydrogen) atoms. The zero-order valence-corrected chi connectivity index (χ0v) is 42.5. The highest BCUT2D eigenvalue weighted by Gasteiger charge is 2.32. The van der Waals surface area contributed by atoms with Gasteiger partial charge < -0.3 is 9.64 Å². The molecule has 1 unspecified atom stereocenters. The monoisotopic (exact) mass is 862 g/mol. The molecule has 1 atom stereocenters. The van der Waals surface area contributed by atoms with Gasteiger partial charge in [0.05, 0.1) is 6.61 Å². The molecule has 0 N–H and O–H groups in total. The summed E-state index contributed by atoms with van der Waals surface area (Å²) in [4.78, 5) is 15.4. The van der Waals surface area contributed by atoms with Gasteiger partial charge in [0.1, 0.15) is 0 Å². The maximum Gasteiger partial charge on any atom is 0.305 e. The number of unbranched alkanes of at least 4 members (excludes halogenated alkanes) is 26. The normalized spacial score (nSPS) is 13.5. The number of ether oxygens (including phenoxy) is 1. The Hall–Kier alpha value is -2.13. The van der Waals surface area contributed by atoms with Gasteiger partial charge in [0, 0.05) is 18.4 Å². The van der Waals surface area contributed by atoms with Crippen LogP contribution in [0.15, 0.2) is 72.9 Å². The highest BCUT2D eigenvalue weighted by molar-refractivity contribution is 5.69. The fourth-order valence-electron chi connectivity index (χ4n) is 8.51. The largest absolute Gasteiger partial charge is 0.465 e. The van der Waals surface area contributed by atoms with Gasteiger partial charge in [-0.2, -0.15) is 0 Å². The van der Waals surface area contributed by atoms with Crippen molar-refractivity contribution in [3.63, 3.8) is 0 Å². The number of esters is 1. The fourth-order valence-corrected chi connectivity index (χ4v) is 8.51. The SMILES string of the molecule is CCCCCC=CCC=CCCCCCCCCC(CCCCCCCC/C=C\C/C=C\CCCCC)(COC(=O)CCCCCCC/C=C\C/C=C\CCCCC)CN(C)C. The van der Waals surface area contributed by atoms with Gasteiger partial charge in [0.25, 0.3) is 0 Å². The van der Waals surface area contributed by atoms with Crippen LogP contribution in [-0.4, -0.2) is 38.1 Å². The zero-order chi connectivity index (χ0) is 45.1. The summed E-state index contributed by atoms with van der Waals surface area (Å²) in [5.74, 6) is 0.0212. The van der Waals surface area contributed by atoms with Crippen molar-refractivity contribution in [3.8, 4) is 0 Å². The molecule has 0 bridgehead atoms. The smallest absolute Gasteiger partial charge is 0.305 e. The van der Waals surface area contributed by atoms with E-state index >= 15 is 0 Å². The van der Waals surface area contributed by atoms with Crippen LogP contribution in [0, 0.1) is 5.41 Å². The van der Waals surface area contributed by atoms with Crippen LogP contribution >= 0.6 is 0 Å². The van der Waals surface area contributed by atoms with Gasteiger partial charge in [-0.05, 0) is 130 Å². The third-order valence-electron chi connectivity index (χ3n) is 12.3. The van der Waals surface area contributed by atoms with Crippen molar-refractivity contribution in [3.05, 3.63) is 72.9 Å². The number of nitrogens with zero attached hydrogens (tertiary/aromatic N) is 1. The standard InChI is InChI=1S/C59H107NO2/c1-6-9-12-15-18-21-24-27-30-33-36-39-42-45-48-51-54-59(56-60(4)5,55-52-49-46-43-40-37-34-31-28-25-22-19-16-13-10-7-2)57-62-58(61)53-50-47-44-41-38-35-32-29-26-23-20-17-14-11-8-3/h18-23,27-32H,6-17,24-26,33-57H2,1-5H3/b21-18-,22-19?,23-20-,30-27-,31-28?,32-29-. The summed E-state index contributed by atoms with van der Waals surface area (Å²) in [5, 5.41) is 0. The number of carbonyl (C=O) groups is 1. The number of rotatable bonds is 48. The molecule has 0 heterocycles. The summed E-state index contributed by atoms with van der Waals surface area (Å²) in [5.41, 5.74) is 0.0575. The van der Waals surface area contributed by atoms with Crippen LogP contribution in [0.1, 0.15) is 265 Å². The van der Waals surface area contributed by atoms with E-state index in [4.69, 9.17) is 4.74 Å². The minimum atomic E-state index is 0.0212. The molecule has 0 saturated carbocycles. The number of hydrogen-bond acceptors (Lipinski definition) is 3. The molecular formula is C59H107NO2. The lowest BCUT2D eigenvalue weighted by Gasteiger charge is -2.36. The topological polar surface area (TPSA) is 29.5 Å². The predicted molar refractivity (Wildman–Crippen MR) is 279 cm³/mol. The van der Waals surface area contributed by atoms with Crippen LogP contribution in [0.25, 0.3) is 0 Å². The molecule has 0 aliphatic rings. The lowest BCUT2D eigenvalue weighted by molar-refractivity contribution is -0.148. The molecule has 0 aliphatic heterocycles. The summed E-state index contributed by atoms with van der Waals surface area (Å²) in [6.07, 6.45) is 74.9. The summed E-state index contributed by atoms with van der Waals surface area (Å²) in [6.45, 7) is 8.39. The maximum atomic E-state index is 13.1. The van der Waals surface area contributed by atoms with Crippen LogP contribution in [0.4, 0.5) is 0 Å². The first kappa shape index (κ1) is 59.9. The van der Waals surface area contributed by atoms with Crippen molar-refractivity contribution in [1.29, 1.82) is 0 Å². The van der Waals surface area contributed by atoms with Crippen LogP contribution in [0.2, 0.25) is 0 Å². The van der Waals surface area contributed by atoms with Crippen LogP contribution < -0.4 is 0 Å². The number of hydrogen-bond donors (Lipinski definition) is 0. The van der Waals surface area contributed by atoms with E-state index in [0.29, 0.717) is 13.0 Å². The Morgan fingerprint density at radius 2 is 0.677 bits per heavy atom. The van der Waals surface area contributed by atoms with Crippen molar-refractivity contribution in [2.24, 2.45) is 5.41 Å². The van der Waals surface area contributed by atoms with E-state index in [1.807, 2.05) is 0 Å². The van der Waals surface area contributed by atoms with E-state index in [1.54, 1.807) is 0 Å². The van der Waals surface area contributed by atoms with Crippen molar-refractivity contribution in [2.75, 3.05) is 27.2 Å². The maximum absolute atomic E-state index is 13.1. The van der Waals surface area contributed by atoms with Gasteiger partial charge in [0.2, 0.25) is 0 Å². The van der Waals surface area contributed by atoms with E-state index in [2.05, 4.69) is 113 Å². The predicted octanol–water partition coefficient (Wildman–Crippen LogP) is 19.3. The Balaban J connectivity index is 4.71. The Morgan fingerprint density at radius 3 is 1.00 bits per heavy atom. The highest BCUT2D eigenvalue weighted by Crippen LogP contribution is 2.34. The molecule has 3 nitrogen and oxygen atoms in total. The first-order chi connectivity index (χ1) is 30.5. The molecule has 0 amide bonds. The van der Waals surface area contributed by atoms with E-state index in [0.717, 1.165) is 51.5 Å². The molecule has 0 rings (SSSR count). The third-order valence-corrected chi connectivity index (χ3v) is 12.3. The van der Waals surface area contributed by atoms with Crippen LogP contribution in [-0.2, 0) is 9.53 Å². The van der Waals surface area contributed by atoms with E-state index < -0.39 is 0 Å². The zero-order valence-electron chi connectivity index (χ0n) is 42.5. The molecule has 3 heteroatoms. The Morgan fingerprint density at radius 1 is 0.387 bits per heavy atom. The second-order valence-corrected chi connectivity index (χ2v) is 19.0. The minimum absolute atomic E-state index is 0.0212. The number of carbonyl (C=O) groups excluding carboxylic acids is 1. The second-order valence-electron chi connectivity index (χ2n) is 19.0. The fraction of sp³-hybridized carbons (Fsp3) is 0.780. The molecular weight excluding hydrogens is 755 g/mol. The van der Waals surface area contributed by atoms with E-state index in [9.17, 15) is 4.79 Å². The first-order valence-electron chi connectivity index (χ1n) is 27.2. The number of allylic oxidation sites excluding steroid dienone is 12. The molecule has 0 aromatic carbocycles. The molecule has 0 aliphatic carbocycles. The molecule has 0 aromatic rings. The second kappa shape index (κ2) is 49.9. The lowest BCUT2D eigenvalue weighted by atomic mass is 9.78. The first-order valence-corrected chi connectivity index (χ1v) is 27.2. The molecule has 0 saturated heterocycles. The van der Waals surface area contributed by atoms with Crippen molar-refractivity contribution < 1.29 is 9.53 Å². The third kappa shape index (κ3) is 45.9. The summed E-state index contributed by atoms with van der Waals surface area (Å²) < 4.78 is 6.18. The average Bonchev–Trinajstić information content (AvgIpc) is 3.26. The molecule has 0 radical (unpaired) electrons. The van der Waals surface area contributed by atoms with Gasteiger partial charge in [-0.15, -0.1) is 0 Å². The van der Waals surface area contributed by atoms with E-state index in [1.165, 1.54) is 193 Å². The van der Waals surface area contributed by atoms with Crippen LogP contribution in [0.3, 0.4) is 0 Å². The Labute approximate surface area is 389 Å². The van der Waals surface area contributed by atoms with E-state index in [-0.39, 0.29) is 11.4 Å². The van der Waals surface area contributed by atoms with Crippen molar-refractivity contribution >= 4 is 5.97 Å². The molecule has 360 valence electrons. The van der Waals surface area contributed by atoms with Crippen molar-refractivity contribution in [2.45, 2.75) is 265 Å². The van der Waals surface area contributed by atoms with Crippen molar-refractivity contribution in [1.82, 2.24) is 4.90 Å². The average molecular weight is 863 g/mol. The van der Waals surface area contributed by atoms with Gasteiger partial charge in [-0.1, -0.05) is 216 Å². The highest BCUT2D eigenvalue weighted by atomic mass is 16.5. The Kier molecular flexibility index (Phi) is 48.2. The lowest BCUT2D eigenvalue weighted by Crippen LogP contribution is -2.38. The van der Waals surface area contributed by atoms with Gasteiger partial charge >= 0.3 is 5.97 Å². The van der Waals surface area contributed by atoms with Gasteiger partial charge in [-0.3, -0.25) is 4.79 Å². The van der Waals surface area contributed by atoms with Gasteiger partial charge in [0.15, 0.2) is 0 Å². The summed E-state index contributed by atoms with van der Waals surface area (Å²) in [7, 11) is 4.41. The summed E-state index contributed by atoms with van der Waals surface area (Å²) >= 11 is 0. The summed E-state index contributed by atoms with van der Waals surface area (Å²) in [6, 6.07) is 0. The molecule has 0 aromatic heterocycles. The van der Waals surface area contributed by atoms with Gasteiger partial charge in [-0.25, -0.2) is 0 Å². The molecule has 0 spiro atoms. The van der Waals surface area contributed by atoms with Crippen LogP contribution in [0.5, 0.6) is 0 Å².